The van der Waals surface area contributed by atoms with Gasteiger partial charge in [0.05, 0.1) is 17.1 Å². The molecule has 1 aromatic carbocycles. The van der Waals surface area contributed by atoms with E-state index < -0.39 is 16.0 Å². The van der Waals surface area contributed by atoms with E-state index in [1.54, 1.807) is 0 Å². The molecular formula is C11H14BrNO4S. The fourth-order valence-corrected chi connectivity index (χ4v) is 2.40. The van der Waals surface area contributed by atoms with Crippen molar-refractivity contribution in [1.82, 2.24) is 0 Å². The topological polar surface area (TPSA) is 86.5 Å². The molecule has 0 atom stereocenters. The first-order valence-electron chi connectivity index (χ1n) is 5.20. The summed E-state index contributed by atoms with van der Waals surface area (Å²) in [5, 5.41) is 5.02. The molecule has 18 heavy (non-hydrogen) atoms. The highest BCUT2D eigenvalue weighted by molar-refractivity contribution is 9.10. The van der Waals surface area contributed by atoms with Gasteiger partial charge in [0, 0.05) is 4.47 Å². The number of rotatable bonds is 4. The molecule has 0 aliphatic rings. The average Bonchev–Trinajstić information content (AvgIpc) is 2.23. The fraction of sp³-hybridized carbons (Fsp3) is 0.364. The predicted octanol–water partition coefficient (Wildman–Crippen LogP) is 1.91. The van der Waals surface area contributed by atoms with Gasteiger partial charge in [-0.2, -0.15) is 0 Å². The number of carbonyl (C=O) groups excluding carboxylic acids is 1. The summed E-state index contributed by atoms with van der Waals surface area (Å²) < 4.78 is 27.9. The van der Waals surface area contributed by atoms with Crippen molar-refractivity contribution in [2.45, 2.75) is 18.7 Å². The Hall–Kier alpha value is -0.920. The van der Waals surface area contributed by atoms with Crippen LogP contribution in [0.3, 0.4) is 0 Å². The molecule has 5 nitrogen and oxygen atoms in total. The molecule has 2 N–H and O–H groups in total. The molecule has 0 heterocycles. The summed E-state index contributed by atoms with van der Waals surface area (Å²) in [5.74, 6) is -0.367. The lowest BCUT2D eigenvalue weighted by molar-refractivity contribution is 0.0458. The van der Waals surface area contributed by atoms with Gasteiger partial charge in [0.1, 0.15) is 0 Å². The molecule has 1 rings (SSSR count). The van der Waals surface area contributed by atoms with Crippen LogP contribution in [0.2, 0.25) is 0 Å². The molecule has 0 unspecified atom stereocenters. The molecule has 0 saturated heterocycles. The lowest BCUT2D eigenvalue weighted by Gasteiger charge is -2.08. The van der Waals surface area contributed by atoms with Crippen molar-refractivity contribution in [1.29, 1.82) is 0 Å². The van der Waals surface area contributed by atoms with Gasteiger partial charge in [-0.1, -0.05) is 29.8 Å². The number of sulfonamides is 1. The monoisotopic (exact) mass is 335 g/mol. The maximum Gasteiger partial charge on any atom is 0.338 e. The molecule has 0 saturated carbocycles. The van der Waals surface area contributed by atoms with Crippen molar-refractivity contribution in [3.63, 3.8) is 0 Å². The van der Waals surface area contributed by atoms with E-state index in [-0.39, 0.29) is 23.0 Å². The van der Waals surface area contributed by atoms with Crippen molar-refractivity contribution in [2.75, 3.05) is 6.61 Å². The number of hydrogen-bond donors (Lipinski definition) is 1. The van der Waals surface area contributed by atoms with E-state index in [0.717, 1.165) is 0 Å². The Morgan fingerprint density at radius 2 is 2.00 bits per heavy atom. The summed E-state index contributed by atoms with van der Waals surface area (Å²) >= 11 is 3.13. The van der Waals surface area contributed by atoms with Crippen LogP contribution in [0.1, 0.15) is 24.2 Å². The van der Waals surface area contributed by atoms with Crippen molar-refractivity contribution in [3.8, 4) is 0 Å². The Balaban J connectivity index is 3.03. The van der Waals surface area contributed by atoms with Crippen molar-refractivity contribution >= 4 is 31.9 Å². The maximum absolute atomic E-state index is 11.7. The summed E-state index contributed by atoms with van der Waals surface area (Å²) in [6.07, 6.45) is 0. The van der Waals surface area contributed by atoms with Gasteiger partial charge in [-0.15, -0.1) is 0 Å². The Labute approximate surface area is 114 Å². The fourth-order valence-electron chi connectivity index (χ4n) is 1.17. The SMILES string of the molecule is CC(C)COC(=O)c1cc(Br)cc(S(N)(=O)=O)c1. The number of primary sulfonamides is 1. The second kappa shape index (κ2) is 5.81. The maximum atomic E-state index is 11.7. The van der Waals surface area contributed by atoms with Gasteiger partial charge < -0.3 is 4.74 Å². The molecule has 0 spiro atoms. The van der Waals surface area contributed by atoms with Gasteiger partial charge >= 0.3 is 5.97 Å². The molecule has 100 valence electrons. The molecule has 1 aromatic rings. The zero-order chi connectivity index (χ0) is 13.9. The molecule has 0 aliphatic heterocycles. The molecule has 0 radical (unpaired) electrons. The van der Waals surface area contributed by atoms with E-state index >= 15 is 0 Å². The van der Waals surface area contributed by atoms with Gasteiger partial charge in [0.25, 0.3) is 0 Å². The Bertz CT molecular complexity index is 554. The second-order valence-electron chi connectivity index (χ2n) is 4.21. The van der Waals surface area contributed by atoms with E-state index in [1.165, 1.54) is 18.2 Å². The first-order valence-corrected chi connectivity index (χ1v) is 7.54. The minimum absolute atomic E-state index is 0.131. The Morgan fingerprint density at radius 1 is 1.39 bits per heavy atom. The highest BCUT2D eigenvalue weighted by Gasteiger charge is 2.15. The number of benzene rings is 1. The van der Waals surface area contributed by atoms with Crippen LogP contribution in [0, 0.1) is 5.92 Å². The van der Waals surface area contributed by atoms with E-state index in [9.17, 15) is 13.2 Å². The largest absolute Gasteiger partial charge is 0.462 e. The zero-order valence-electron chi connectivity index (χ0n) is 10.0. The lowest BCUT2D eigenvalue weighted by atomic mass is 10.2. The van der Waals surface area contributed by atoms with Crippen LogP contribution in [0.5, 0.6) is 0 Å². The number of nitrogens with two attached hydrogens (primary N) is 1. The molecule has 0 amide bonds. The molecule has 0 aliphatic carbocycles. The number of carbonyl (C=O) groups is 1. The van der Waals surface area contributed by atoms with Crippen LogP contribution in [0.15, 0.2) is 27.6 Å². The van der Waals surface area contributed by atoms with Gasteiger partial charge in [-0.3, -0.25) is 0 Å². The van der Waals surface area contributed by atoms with Crippen LogP contribution in [-0.2, 0) is 14.8 Å². The first-order chi connectivity index (χ1) is 8.20. The summed E-state index contributed by atoms with van der Waals surface area (Å²) in [5.41, 5.74) is 0.147. The number of hydrogen-bond acceptors (Lipinski definition) is 4. The Morgan fingerprint density at radius 3 is 2.50 bits per heavy atom. The van der Waals surface area contributed by atoms with Crippen LogP contribution >= 0.6 is 15.9 Å². The third kappa shape index (κ3) is 4.40. The third-order valence-electron chi connectivity index (χ3n) is 1.98. The molecule has 7 heteroatoms. The number of halogens is 1. The van der Waals surface area contributed by atoms with Crippen LogP contribution in [0.4, 0.5) is 0 Å². The number of esters is 1. The van der Waals surface area contributed by atoms with E-state index in [2.05, 4.69) is 15.9 Å². The zero-order valence-corrected chi connectivity index (χ0v) is 12.4. The summed E-state index contributed by atoms with van der Waals surface area (Å²) in [7, 11) is -3.85. The predicted molar refractivity (Wildman–Crippen MR) is 70.6 cm³/mol. The summed E-state index contributed by atoms with van der Waals surface area (Å²) in [4.78, 5) is 11.6. The van der Waals surface area contributed by atoms with Crippen LogP contribution < -0.4 is 5.14 Å². The summed E-state index contributed by atoms with van der Waals surface area (Å²) in [6.45, 7) is 4.09. The Kier molecular flexibility index (Phi) is 4.89. The van der Waals surface area contributed by atoms with Gasteiger partial charge in [0.15, 0.2) is 0 Å². The minimum atomic E-state index is -3.85. The molecular weight excluding hydrogens is 322 g/mol. The molecule has 0 aromatic heterocycles. The van der Waals surface area contributed by atoms with E-state index in [1.807, 2.05) is 13.8 Å². The standard InChI is InChI=1S/C11H14BrNO4S/c1-7(2)6-17-11(14)8-3-9(12)5-10(4-8)18(13,15)16/h3-5,7H,6H2,1-2H3,(H2,13,15,16). The van der Waals surface area contributed by atoms with Gasteiger partial charge in [-0.25, -0.2) is 18.4 Å². The third-order valence-corrected chi connectivity index (χ3v) is 3.33. The summed E-state index contributed by atoms with van der Waals surface area (Å²) in [6, 6.07) is 4.01. The molecule has 0 bridgehead atoms. The highest BCUT2D eigenvalue weighted by atomic mass is 79.9. The number of ether oxygens (including phenoxy) is 1. The average molecular weight is 336 g/mol. The quantitative estimate of drug-likeness (QED) is 0.851. The van der Waals surface area contributed by atoms with Crippen LogP contribution in [-0.4, -0.2) is 21.0 Å². The van der Waals surface area contributed by atoms with Gasteiger partial charge in [0.2, 0.25) is 10.0 Å². The van der Waals surface area contributed by atoms with Gasteiger partial charge in [-0.05, 0) is 24.1 Å². The first kappa shape index (κ1) is 15.1. The van der Waals surface area contributed by atoms with Crippen LogP contribution in [0.25, 0.3) is 0 Å². The normalized spacial score (nSPS) is 11.6. The molecule has 0 fully saturated rings. The van der Waals surface area contributed by atoms with E-state index in [4.69, 9.17) is 9.88 Å². The highest BCUT2D eigenvalue weighted by Crippen LogP contribution is 2.19. The lowest BCUT2D eigenvalue weighted by Crippen LogP contribution is -2.15. The van der Waals surface area contributed by atoms with Crippen molar-refractivity contribution < 1.29 is 17.9 Å². The second-order valence-corrected chi connectivity index (χ2v) is 6.69. The smallest absolute Gasteiger partial charge is 0.338 e. The van der Waals surface area contributed by atoms with Crippen molar-refractivity contribution in [3.05, 3.63) is 28.2 Å². The van der Waals surface area contributed by atoms with E-state index in [0.29, 0.717) is 4.47 Å². The minimum Gasteiger partial charge on any atom is -0.462 e. The van der Waals surface area contributed by atoms with Crippen molar-refractivity contribution in [2.24, 2.45) is 11.1 Å².